The molecule has 0 bridgehead atoms. The highest BCUT2D eigenvalue weighted by Gasteiger charge is 2.30. The number of aromatic amines is 1. The average Bonchev–Trinajstić information content (AvgIpc) is 2.30. The third kappa shape index (κ3) is 2.43. The van der Waals surface area contributed by atoms with Crippen molar-refractivity contribution in [1.82, 2.24) is 9.97 Å². The second-order valence-corrected chi connectivity index (χ2v) is 4.69. The molecular weight excluding hydrogens is 216 g/mol. The first-order valence-electron chi connectivity index (χ1n) is 5.63. The molecule has 2 heterocycles. The van der Waals surface area contributed by atoms with Gasteiger partial charge in [0.15, 0.2) is 0 Å². The molecule has 17 heavy (non-hydrogen) atoms. The van der Waals surface area contributed by atoms with Crippen LogP contribution in [0.2, 0.25) is 0 Å². The zero-order valence-corrected chi connectivity index (χ0v) is 9.98. The van der Waals surface area contributed by atoms with E-state index in [2.05, 4.69) is 34.4 Å². The normalized spacial score (nSPS) is 22.1. The highest BCUT2D eigenvalue weighted by atomic mass is 16.1. The SMILES string of the molecule is C.CCC1(C)CNc2nc(NC)[nH]c(=O)c2C1. The molecule has 1 aromatic rings. The van der Waals surface area contributed by atoms with Crippen molar-refractivity contribution in [2.75, 3.05) is 24.2 Å². The van der Waals surface area contributed by atoms with E-state index in [1.165, 1.54) is 0 Å². The molecule has 5 nitrogen and oxygen atoms in total. The van der Waals surface area contributed by atoms with E-state index in [-0.39, 0.29) is 18.4 Å². The van der Waals surface area contributed by atoms with E-state index in [4.69, 9.17) is 0 Å². The second kappa shape index (κ2) is 4.77. The Morgan fingerprint density at radius 2 is 2.24 bits per heavy atom. The Hall–Kier alpha value is -1.52. The molecule has 0 aliphatic carbocycles. The Morgan fingerprint density at radius 1 is 1.53 bits per heavy atom. The Kier molecular flexibility index (Phi) is 3.80. The molecule has 0 fully saturated rings. The fourth-order valence-electron chi connectivity index (χ4n) is 1.96. The lowest BCUT2D eigenvalue weighted by Gasteiger charge is -2.33. The summed E-state index contributed by atoms with van der Waals surface area (Å²) in [5.41, 5.74) is 0.888. The number of anilines is 2. The van der Waals surface area contributed by atoms with Gasteiger partial charge in [0.1, 0.15) is 5.82 Å². The van der Waals surface area contributed by atoms with Crippen molar-refractivity contribution in [1.29, 1.82) is 0 Å². The fourth-order valence-corrected chi connectivity index (χ4v) is 1.96. The van der Waals surface area contributed by atoms with E-state index >= 15 is 0 Å². The number of fused-ring (bicyclic) bond motifs is 1. The third-order valence-electron chi connectivity index (χ3n) is 3.39. The van der Waals surface area contributed by atoms with Crippen molar-refractivity contribution in [3.05, 3.63) is 15.9 Å². The molecule has 1 aliphatic heterocycles. The molecule has 96 valence electrons. The second-order valence-electron chi connectivity index (χ2n) is 4.69. The number of hydrogen-bond donors (Lipinski definition) is 3. The van der Waals surface area contributed by atoms with Crippen molar-refractivity contribution in [2.24, 2.45) is 5.41 Å². The minimum atomic E-state index is -0.0405. The predicted octanol–water partition coefficient (Wildman–Crippen LogP) is 1.83. The van der Waals surface area contributed by atoms with Crippen molar-refractivity contribution in [3.63, 3.8) is 0 Å². The molecule has 2 rings (SSSR count). The van der Waals surface area contributed by atoms with Crippen LogP contribution in [-0.2, 0) is 6.42 Å². The number of hydrogen-bond acceptors (Lipinski definition) is 4. The lowest BCUT2D eigenvalue weighted by Crippen LogP contribution is -2.37. The van der Waals surface area contributed by atoms with Gasteiger partial charge < -0.3 is 10.6 Å². The van der Waals surface area contributed by atoms with E-state index in [0.717, 1.165) is 30.8 Å². The van der Waals surface area contributed by atoms with Gasteiger partial charge in [-0.25, -0.2) is 0 Å². The highest BCUT2D eigenvalue weighted by Crippen LogP contribution is 2.32. The summed E-state index contributed by atoms with van der Waals surface area (Å²) in [6.45, 7) is 5.21. The summed E-state index contributed by atoms with van der Waals surface area (Å²) in [6.07, 6.45) is 1.84. The zero-order valence-electron chi connectivity index (χ0n) is 9.98. The molecule has 1 aliphatic rings. The summed E-state index contributed by atoms with van der Waals surface area (Å²) in [6, 6.07) is 0. The number of nitrogens with one attached hydrogen (secondary N) is 3. The molecule has 0 saturated heterocycles. The van der Waals surface area contributed by atoms with Gasteiger partial charge >= 0.3 is 0 Å². The standard InChI is InChI=1S/C11H18N4O.CH4/c1-4-11(2)5-7-8(13-6-11)14-10(12-3)15-9(7)16;/h4-6H2,1-3H3,(H3,12,13,14,15,16);1H4. The van der Waals surface area contributed by atoms with Crippen LogP contribution >= 0.6 is 0 Å². The summed E-state index contributed by atoms with van der Waals surface area (Å²) < 4.78 is 0. The Bertz CT molecular complexity index is 454. The van der Waals surface area contributed by atoms with Crippen molar-refractivity contribution in [2.45, 2.75) is 34.1 Å². The van der Waals surface area contributed by atoms with Crippen molar-refractivity contribution < 1.29 is 0 Å². The van der Waals surface area contributed by atoms with Crippen molar-refractivity contribution >= 4 is 11.8 Å². The van der Waals surface area contributed by atoms with E-state index in [9.17, 15) is 4.79 Å². The molecule has 1 aromatic heterocycles. The number of H-pyrrole nitrogens is 1. The highest BCUT2D eigenvalue weighted by molar-refractivity contribution is 5.49. The van der Waals surface area contributed by atoms with Gasteiger partial charge in [-0.2, -0.15) is 4.98 Å². The molecule has 0 amide bonds. The van der Waals surface area contributed by atoms with Crippen molar-refractivity contribution in [3.8, 4) is 0 Å². The first-order valence-corrected chi connectivity index (χ1v) is 5.63. The van der Waals surface area contributed by atoms with Crippen LogP contribution in [0, 0.1) is 5.41 Å². The van der Waals surface area contributed by atoms with Crippen LogP contribution in [0.1, 0.15) is 33.3 Å². The maximum Gasteiger partial charge on any atom is 0.257 e. The predicted molar refractivity (Wildman–Crippen MR) is 71.7 cm³/mol. The topological polar surface area (TPSA) is 69.8 Å². The molecule has 0 saturated carbocycles. The summed E-state index contributed by atoms with van der Waals surface area (Å²) in [4.78, 5) is 18.9. The van der Waals surface area contributed by atoms with Crippen LogP contribution in [0.3, 0.4) is 0 Å². The Labute approximate surface area is 102 Å². The van der Waals surface area contributed by atoms with Crippen LogP contribution in [0.25, 0.3) is 0 Å². The lowest BCUT2D eigenvalue weighted by molar-refractivity contribution is 0.320. The molecule has 3 N–H and O–H groups in total. The summed E-state index contributed by atoms with van der Waals surface area (Å²) in [5.74, 6) is 1.23. The summed E-state index contributed by atoms with van der Waals surface area (Å²) in [7, 11) is 1.74. The van der Waals surface area contributed by atoms with Gasteiger partial charge in [-0.15, -0.1) is 0 Å². The third-order valence-corrected chi connectivity index (χ3v) is 3.39. The largest absolute Gasteiger partial charge is 0.369 e. The molecule has 0 spiro atoms. The minimum Gasteiger partial charge on any atom is -0.369 e. The van der Waals surface area contributed by atoms with E-state index < -0.39 is 0 Å². The van der Waals surface area contributed by atoms with Crippen LogP contribution in [-0.4, -0.2) is 23.6 Å². The Balaban J connectivity index is 0.00000144. The maximum absolute atomic E-state index is 11.9. The van der Waals surface area contributed by atoms with Crippen LogP contribution in [0.5, 0.6) is 0 Å². The summed E-state index contributed by atoms with van der Waals surface area (Å²) in [5, 5.41) is 6.09. The van der Waals surface area contributed by atoms with E-state index in [0.29, 0.717) is 5.95 Å². The van der Waals surface area contributed by atoms with Gasteiger partial charge in [-0.1, -0.05) is 21.3 Å². The molecule has 1 unspecified atom stereocenters. The van der Waals surface area contributed by atoms with Gasteiger partial charge in [0.2, 0.25) is 5.95 Å². The average molecular weight is 238 g/mol. The first kappa shape index (κ1) is 13.5. The number of nitrogens with zero attached hydrogens (tertiary/aromatic N) is 1. The number of rotatable bonds is 2. The molecule has 1 atom stereocenters. The van der Waals surface area contributed by atoms with Gasteiger partial charge in [0.25, 0.3) is 5.56 Å². The zero-order chi connectivity index (χ0) is 11.8. The van der Waals surface area contributed by atoms with Crippen LogP contribution < -0.4 is 16.2 Å². The smallest absolute Gasteiger partial charge is 0.257 e. The maximum atomic E-state index is 11.9. The van der Waals surface area contributed by atoms with Gasteiger partial charge in [0, 0.05) is 13.6 Å². The first-order chi connectivity index (χ1) is 7.58. The van der Waals surface area contributed by atoms with Crippen LogP contribution in [0.4, 0.5) is 11.8 Å². The monoisotopic (exact) mass is 238 g/mol. The van der Waals surface area contributed by atoms with Gasteiger partial charge in [-0.05, 0) is 18.3 Å². The minimum absolute atomic E-state index is 0. The molecule has 5 heteroatoms. The quantitative estimate of drug-likeness (QED) is 0.735. The lowest BCUT2D eigenvalue weighted by atomic mass is 9.79. The van der Waals surface area contributed by atoms with Gasteiger partial charge in [-0.3, -0.25) is 9.78 Å². The van der Waals surface area contributed by atoms with E-state index in [1.807, 2.05) is 0 Å². The van der Waals surface area contributed by atoms with Crippen LogP contribution in [0.15, 0.2) is 4.79 Å². The Morgan fingerprint density at radius 3 is 2.82 bits per heavy atom. The fraction of sp³-hybridized carbons (Fsp3) is 0.667. The number of aromatic nitrogens is 2. The summed E-state index contributed by atoms with van der Waals surface area (Å²) >= 11 is 0. The van der Waals surface area contributed by atoms with Gasteiger partial charge in [0.05, 0.1) is 5.56 Å². The molecule has 0 aromatic carbocycles. The van der Waals surface area contributed by atoms with E-state index in [1.54, 1.807) is 7.05 Å². The molecule has 0 radical (unpaired) electrons. The molecular formula is C12H22N4O.